The molecule has 0 aromatic heterocycles. The maximum absolute atomic E-state index is 13.3. The van der Waals surface area contributed by atoms with E-state index in [9.17, 15) is 8.78 Å². The monoisotopic (exact) mass is 203 g/mol. The van der Waals surface area contributed by atoms with Crippen molar-refractivity contribution < 1.29 is 8.78 Å². The highest BCUT2D eigenvalue weighted by atomic mass is 32.2. The second-order valence-corrected chi connectivity index (χ2v) is 4.12. The van der Waals surface area contributed by atoms with Gasteiger partial charge in [0.25, 0.3) is 5.92 Å². The first-order valence-corrected chi connectivity index (χ1v) is 5.41. The maximum atomic E-state index is 13.3. The SMILES string of the molecule is CSN1C=CC2=C(C1)C(F)(F)CC2. The topological polar surface area (TPSA) is 3.24 Å². The summed E-state index contributed by atoms with van der Waals surface area (Å²) in [4.78, 5) is 0. The van der Waals surface area contributed by atoms with Gasteiger partial charge in [-0.15, -0.1) is 0 Å². The summed E-state index contributed by atoms with van der Waals surface area (Å²) < 4.78 is 28.4. The van der Waals surface area contributed by atoms with Crippen molar-refractivity contribution in [1.82, 2.24) is 4.31 Å². The molecule has 1 heterocycles. The lowest BCUT2D eigenvalue weighted by Gasteiger charge is -2.24. The molecule has 0 spiro atoms. The molecule has 0 saturated heterocycles. The molecule has 0 N–H and O–H groups in total. The normalized spacial score (nSPS) is 25.3. The van der Waals surface area contributed by atoms with Crippen molar-refractivity contribution in [2.24, 2.45) is 0 Å². The third-order valence-corrected chi connectivity index (χ3v) is 3.25. The minimum absolute atomic E-state index is 0.00969. The maximum Gasteiger partial charge on any atom is 0.271 e. The molecule has 0 aromatic rings. The Hall–Kier alpha value is -0.510. The number of hydrogen-bond acceptors (Lipinski definition) is 2. The van der Waals surface area contributed by atoms with Crippen molar-refractivity contribution >= 4 is 11.9 Å². The molecule has 1 aliphatic heterocycles. The number of rotatable bonds is 1. The van der Waals surface area contributed by atoms with E-state index in [1.807, 2.05) is 22.8 Å². The summed E-state index contributed by atoms with van der Waals surface area (Å²) in [5.41, 5.74) is 1.17. The highest BCUT2D eigenvalue weighted by molar-refractivity contribution is 7.96. The first kappa shape index (κ1) is 9.06. The molecular formula is C9H11F2NS. The Morgan fingerprint density at radius 2 is 2.31 bits per heavy atom. The minimum atomic E-state index is -2.56. The fourth-order valence-corrected chi connectivity index (χ4v) is 2.18. The van der Waals surface area contributed by atoms with E-state index in [2.05, 4.69) is 0 Å². The van der Waals surface area contributed by atoms with E-state index in [1.54, 1.807) is 0 Å². The van der Waals surface area contributed by atoms with Gasteiger partial charge in [-0.2, -0.15) is 0 Å². The van der Waals surface area contributed by atoms with Crippen LogP contribution in [0.4, 0.5) is 8.78 Å². The van der Waals surface area contributed by atoms with Crippen LogP contribution in [0.5, 0.6) is 0 Å². The molecule has 0 radical (unpaired) electrons. The van der Waals surface area contributed by atoms with Gasteiger partial charge in [-0.25, -0.2) is 8.78 Å². The van der Waals surface area contributed by atoms with Gasteiger partial charge in [0.2, 0.25) is 0 Å². The summed E-state index contributed by atoms with van der Waals surface area (Å²) in [6.07, 6.45) is 6.11. The summed E-state index contributed by atoms with van der Waals surface area (Å²) in [5, 5.41) is 0. The fraction of sp³-hybridized carbons (Fsp3) is 0.556. The number of allylic oxidation sites excluding steroid dienone is 2. The Morgan fingerprint density at radius 3 is 3.00 bits per heavy atom. The zero-order valence-electron chi connectivity index (χ0n) is 7.39. The molecule has 72 valence electrons. The van der Waals surface area contributed by atoms with Crippen molar-refractivity contribution in [3.8, 4) is 0 Å². The number of hydrogen-bond donors (Lipinski definition) is 0. The Labute approximate surface area is 80.6 Å². The van der Waals surface area contributed by atoms with Crippen LogP contribution in [0.15, 0.2) is 23.4 Å². The Balaban J connectivity index is 2.25. The van der Waals surface area contributed by atoms with Crippen molar-refractivity contribution in [1.29, 1.82) is 0 Å². The van der Waals surface area contributed by atoms with E-state index in [1.165, 1.54) is 11.9 Å². The molecule has 0 amide bonds. The van der Waals surface area contributed by atoms with Gasteiger partial charge in [0.1, 0.15) is 0 Å². The van der Waals surface area contributed by atoms with Gasteiger partial charge in [-0.1, -0.05) is 11.9 Å². The zero-order valence-corrected chi connectivity index (χ0v) is 8.20. The summed E-state index contributed by atoms with van der Waals surface area (Å²) >= 11 is 1.47. The lowest BCUT2D eigenvalue weighted by Crippen LogP contribution is -2.25. The van der Waals surface area contributed by atoms with Crippen LogP contribution in [-0.4, -0.2) is 23.0 Å². The molecule has 0 bridgehead atoms. The molecule has 1 nitrogen and oxygen atoms in total. The summed E-state index contributed by atoms with van der Waals surface area (Å²) in [6, 6.07) is 0. The lowest BCUT2D eigenvalue weighted by molar-refractivity contribution is 0.0396. The van der Waals surface area contributed by atoms with Crippen molar-refractivity contribution in [3.05, 3.63) is 23.4 Å². The van der Waals surface area contributed by atoms with Crippen LogP contribution in [0, 0.1) is 0 Å². The van der Waals surface area contributed by atoms with Gasteiger partial charge in [0, 0.05) is 24.4 Å². The van der Waals surface area contributed by atoms with E-state index < -0.39 is 5.92 Å². The zero-order chi connectivity index (χ0) is 9.47. The van der Waals surface area contributed by atoms with Crippen LogP contribution in [0.3, 0.4) is 0 Å². The Morgan fingerprint density at radius 1 is 1.54 bits per heavy atom. The quantitative estimate of drug-likeness (QED) is 0.603. The smallest absolute Gasteiger partial charge is 0.271 e. The van der Waals surface area contributed by atoms with E-state index in [4.69, 9.17) is 0 Å². The van der Waals surface area contributed by atoms with Gasteiger partial charge in [-0.05, 0) is 18.1 Å². The molecular weight excluding hydrogens is 192 g/mol. The third-order valence-electron chi connectivity index (χ3n) is 2.53. The molecule has 0 unspecified atom stereocenters. The minimum Gasteiger partial charge on any atom is -0.319 e. The predicted octanol–water partition coefficient (Wildman–Crippen LogP) is 2.82. The number of nitrogens with zero attached hydrogens (tertiary/aromatic N) is 1. The first-order chi connectivity index (χ1) is 6.13. The average Bonchev–Trinajstić information content (AvgIpc) is 2.42. The molecule has 4 heteroatoms. The van der Waals surface area contributed by atoms with Gasteiger partial charge in [0.05, 0.1) is 6.54 Å². The molecule has 0 atom stereocenters. The second kappa shape index (κ2) is 3.01. The summed E-state index contributed by atoms with van der Waals surface area (Å²) in [5.74, 6) is -2.56. The van der Waals surface area contributed by atoms with Crippen molar-refractivity contribution in [3.63, 3.8) is 0 Å². The molecule has 2 rings (SSSR count). The van der Waals surface area contributed by atoms with Crippen LogP contribution < -0.4 is 0 Å². The van der Waals surface area contributed by atoms with Gasteiger partial charge in [0.15, 0.2) is 0 Å². The number of halogens is 2. The third kappa shape index (κ3) is 1.47. The second-order valence-electron chi connectivity index (χ2n) is 3.28. The molecule has 13 heavy (non-hydrogen) atoms. The predicted molar refractivity (Wildman–Crippen MR) is 50.6 cm³/mol. The van der Waals surface area contributed by atoms with E-state index in [0.29, 0.717) is 18.5 Å². The molecule has 2 aliphatic rings. The van der Waals surface area contributed by atoms with Crippen LogP contribution in [0.1, 0.15) is 12.8 Å². The molecule has 0 aromatic carbocycles. The standard InChI is InChI=1S/C9H11F2NS/c1-13-12-5-3-7-2-4-9(10,11)8(7)6-12/h3,5H,2,4,6H2,1H3. The van der Waals surface area contributed by atoms with Crippen LogP contribution in [0.2, 0.25) is 0 Å². The van der Waals surface area contributed by atoms with Gasteiger partial charge < -0.3 is 4.31 Å². The number of alkyl halides is 2. The lowest BCUT2D eigenvalue weighted by atomic mass is 10.1. The molecule has 0 saturated carbocycles. The summed E-state index contributed by atoms with van der Waals surface area (Å²) in [7, 11) is 0. The Kier molecular flexibility index (Phi) is 2.10. The molecule has 1 aliphatic carbocycles. The van der Waals surface area contributed by atoms with Crippen LogP contribution >= 0.6 is 11.9 Å². The van der Waals surface area contributed by atoms with Crippen LogP contribution in [0.25, 0.3) is 0 Å². The van der Waals surface area contributed by atoms with Gasteiger partial charge >= 0.3 is 0 Å². The van der Waals surface area contributed by atoms with E-state index in [-0.39, 0.29) is 6.42 Å². The Bertz CT molecular complexity index is 283. The van der Waals surface area contributed by atoms with Crippen LogP contribution in [-0.2, 0) is 0 Å². The highest BCUT2D eigenvalue weighted by Gasteiger charge is 2.42. The van der Waals surface area contributed by atoms with E-state index in [0.717, 1.165) is 5.57 Å². The highest BCUT2D eigenvalue weighted by Crippen LogP contribution is 2.43. The first-order valence-electron chi connectivity index (χ1n) is 4.23. The largest absolute Gasteiger partial charge is 0.319 e. The fourth-order valence-electron chi connectivity index (χ4n) is 1.74. The summed E-state index contributed by atoms with van der Waals surface area (Å²) in [6.45, 7) is 0.375. The van der Waals surface area contributed by atoms with Crippen molar-refractivity contribution in [2.75, 3.05) is 12.8 Å². The molecule has 0 fully saturated rings. The average molecular weight is 203 g/mol. The van der Waals surface area contributed by atoms with Crippen molar-refractivity contribution in [2.45, 2.75) is 18.8 Å². The van der Waals surface area contributed by atoms with Gasteiger partial charge in [-0.3, -0.25) is 0 Å². The van der Waals surface area contributed by atoms with E-state index >= 15 is 0 Å².